The van der Waals surface area contributed by atoms with Crippen molar-refractivity contribution in [3.05, 3.63) is 40.9 Å². The molecule has 1 heterocycles. The lowest BCUT2D eigenvalue weighted by molar-refractivity contribution is 0.0827. The fourth-order valence-corrected chi connectivity index (χ4v) is 2.12. The van der Waals surface area contributed by atoms with Crippen LogP contribution in [0, 0.1) is 0 Å². The third-order valence-electron chi connectivity index (χ3n) is 2.53. The summed E-state index contributed by atoms with van der Waals surface area (Å²) in [5.74, 6) is -0.480. The molecule has 0 unspecified atom stereocenters. The smallest absolute Gasteiger partial charge is 0.275 e. The molecule has 1 aromatic heterocycles. The number of rotatable bonds is 3. The van der Waals surface area contributed by atoms with Crippen molar-refractivity contribution in [2.24, 2.45) is 0 Å². The van der Waals surface area contributed by atoms with Gasteiger partial charge in [0.1, 0.15) is 5.69 Å². The second kappa shape index (κ2) is 5.70. The normalized spacial score (nSPS) is 10.1. The van der Waals surface area contributed by atoms with Gasteiger partial charge in [-0.15, -0.1) is 11.3 Å². The van der Waals surface area contributed by atoms with Gasteiger partial charge in [-0.05, 0) is 18.2 Å². The average molecular weight is 290 g/mol. The third-order valence-corrected chi connectivity index (χ3v) is 3.20. The van der Waals surface area contributed by atoms with E-state index in [0.29, 0.717) is 16.4 Å². The van der Waals surface area contributed by atoms with E-state index in [-0.39, 0.29) is 17.5 Å². The quantitative estimate of drug-likeness (QED) is 0.900. The Kier molecular flexibility index (Phi) is 3.99. The van der Waals surface area contributed by atoms with Crippen molar-refractivity contribution in [2.45, 2.75) is 0 Å². The van der Waals surface area contributed by atoms with E-state index in [1.165, 1.54) is 16.2 Å². The maximum atomic E-state index is 11.9. The molecular weight excluding hydrogens is 276 g/mol. The maximum Gasteiger partial charge on any atom is 0.275 e. The Morgan fingerprint density at radius 1 is 1.35 bits per heavy atom. The van der Waals surface area contributed by atoms with Gasteiger partial charge in [0.05, 0.1) is 0 Å². The first-order valence-corrected chi connectivity index (χ1v) is 6.69. The van der Waals surface area contributed by atoms with Crippen molar-refractivity contribution >= 4 is 34.0 Å². The predicted octanol–water partition coefficient (Wildman–Crippen LogP) is 1.68. The number of anilines is 2. The van der Waals surface area contributed by atoms with Crippen molar-refractivity contribution in [1.29, 1.82) is 0 Å². The van der Waals surface area contributed by atoms with Gasteiger partial charge in [0.15, 0.2) is 5.13 Å². The van der Waals surface area contributed by atoms with Crippen molar-refractivity contribution in [2.75, 3.05) is 25.1 Å². The van der Waals surface area contributed by atoms with Crippen LogP contribution in [0.15, 0.2) is 29.6 Å². The molecule has 0 bridgehead atoms. The van der Waals surface area contributed by atoms with Crippen molar-refractivity contribution in [1.82, 2.24) is 9.88 Å². The number of nitrogens with one attached hydrogen (secondary N) is 1. The van der Waals surface area contributed by atoms with Crippen LogP contribution in [0.2, 0.25) is 0 Å². The number of aromatic nitrogens is 1. The number of amides is 2. The van der Waals surface area contributed by atoms with Crippen LogP contribution >= 0.6 is 11.3 Å². The Hall–Kier alpha value is -2.41. The number of carbonyl (C=O) groups is 2. The lowest BCUT2D eigenvalue weighted by Gasteiger charge is -2.11. The number of carbonyl (C=O) groups excluding carboxylic acids is 2. The largest absolute Gasteiger partial charge is 0.375 e. The highest BCUT2D eigenvalue weighted by Gasteiger charge is 2.12. The number of hydrogen-bond donors (Lipinski definition) is 2. The highest BCUT2D eigenvalue weighted by molar-refractivity contribution is 7.13. The van der Waals surface area contributed by atoms with Crippen LogP contribution in [0.4, 0.5) is 10.8 Å². The number of nitrogen functional groups attached to an aromatic ring is 1. The van der Waals surface area contributed by atoms with Gasteiger partial charge in [0.25, 0.3) is 11.8 Å². The summed E-state index contributed by atoms with van der Waals surface area (Å²) in [6, 6.07) is 6.73. The summed E-state index contributed by atoms with van der Waals surface area (Å²) in [6.07, 6.45) is 0. The maximum absolute atomic E-state index is 11.9. The number of nitrogens with two attached hydrogens (primary N) is 1. The zero-order chi connectivity index (χ0) is 14.7. The lowest BCUT2D eigenvalue weighted by atomic mass is 10.2. The zero-order valence-electron chi connectivity index (χ0n) is 11.1. The first-order valence-electron chi connectivity index (χ1n) is 5.81. The molecule has 0 atom stereocenters. The summed E-state index contributed by atoms with van der Waals surface area (Å²) >= 11 is 1.20. The van der Waals surface area contributed by atoms with Gasteiger partial charge < -0.3 is 16.0 Å². The second-order valence-electron chi connectivity index (χ2n) is 4.31. The van der Waals surface area contributed by atoms with E-state index in [2.05, 4.69) is 10.3 Å². The second-order valence-corrected chi connectivity index (χ2v) is 5.20. The van der Waals surface area contributed by atoms with Crippen LogP contribution in [-0.4, -0.2) is 35.8 Å². The summed E-state index contributed by atoms with van der Waals surface area (Å²) in [6.45, 7) is 0. The number of nitrogens with zero attached hydrogens (tertiary/aromatic N) is 2. The van der Waals surface area contributed by atoms with Crippen molar-refractivity contribution in [3.8, 4) is 0 Å². The topological polar surface area (TPSA) is 88.3 Å². The van der Waals surface area contributed by atoms with Gasteiger partial charge >= 0.3 is 0 Å². The van der Waals surface area contributed by atoms with Crippen LogP contribution in [0.3, 0.4) is 0 Å². The van der Waals surface area contributed by atoms with Gasteiger partial charge in [-0.3, -0.25) is 9.59 Å². The molecule has 1 aromatic carbocycles. The SMILES string of the molecule is CN(C)C(=O)c1cccc(NC(=O)c2csc(N)n2)c1. The Balaban J connectivity index is 2.16. The molecule has 104 valence electrons. The summed E-state index contributed by atoms with van der Waals surface area (Å²) < 4.78 is 0. The Bertz CT molecular complexity index is 651. The molecule has 6 nitrogen and oxygen atoms in total. The average Bonchev–Trinajstić information content (AvgIpc) is 2.85. The van der Waals surface area contributed by atoms with E-state index in [1.807, 2.05) is 0 Å². The summed E-state index contributed by atoms with van der Waals surface area (Å²) in [4.78, 5) is 29.1. The molecule has 0 saturated heterocycles. The molecule has 3 N–H and O–H groups in total. The number of benzene rings is 1. The van der Waals surface area contributed by atoms with E-state index >= 15 is 0 Å². The summed E-state index contributed by atoms with van der Waals surface area (Å²) in [5, 5.41) is 4.61. The molecule has 0 aliphatic heterocycles. The molecule has 2 aromatic rings. The molecule has 0 fully saturated rings. The predicted molar refractivity (Wildman–Crippen MR) is 78.9 cm³/mol. The molecule has 0 aliphatic rings. The van der Waals surface area contributed by atoms with Gasteiger partial charge in [0.2, 0.25) is 0 Å². The van der Waals surface area contributed by atoms with E-state index < -0.39 is 0 Å². The molecule has 2 rings (SSSR count). The molecule has 0 aliphatic carbocycles. The van der Waals surface area contributed by atoms with Crippen LogP contribution in [0.1, 0.15) is 20.8 Å². The van der Waals surface area contributed by atoms with Gasteiger partial charge in [-0.2, -0.15) is 0 Å². The monoisotopic (exact) mass is 290 g/mol. The molecular formula is C13H14N4O2S. The Morgan fingerprint density at radius 3 is 2.70 bits per heavy atom. The minimum Gasteiger partial charge on any atom is -0.375 e. The Labute approximate surface area is 120 Å². The minimum absolute atomic E-state index is 0.126. The van der Waals surface area contributed by atoms with Crippen LogP contribution < -0.4 is 11.1 Å². The van der Waals surface area contributed by atoms with Crippen molar-refractivity contribution in [3.63, 3.8) is 0 Å². The molecule has 7 heteroatoms. The standard InChI is InChI=1S/C13H14N4O2S/c1-17(2)12(19)8-4-3-5-9(6-8)15-11(18)10-7-20-13(14)16-10/h3-7H,1-2H3,(H2,14,16)(H,15,18). The fraction of sp³-hybridized carbons (Fsp3) is 0.154. The van der Waals surface area contributed by atoms with Crippen LogP contribution in [0.5, 0.6) is 0 Å². The van der Waals surface area contributed by atoms with Gasteiger partial charge in [-0.25, -0.2) is 4.98 Å². The van der Waals surface area contributed by atoms with Gasteiger partial charge in [-0.1, -0.05) is 6.07 Å². The number of hydrogen-bond acceptors (Lipinski definition) is 5. The molecule has 0 saturated carbocycles. The van der Waals surface area contributed by atoms with E-state index in [1.54, 1.807) is 43.7 Å². The molecule has 0 spiro atoms. The zero-order valence-corrected chi connectivity index (χ0v) is 11.9. The van der Waals surface area contributed by atoms with Crippen LogP contribution in [0.25, 0.3) is 0 Å². The van der Waals surface area contributed by atoms with Crippen molar-refractivity contribution < 1.29 is 9.59 Å². The lowest BCUT2D eigenvalue weighted by Crippen LogP contribution is -2.22. The van der Waals surface area contributed by atoms with E-state index in [4.69, 9.17) is 5.73 Å². The minimum atomic E-state index is -0.354. The molecule has 2 amide bonds. The summed E-state index contributed by atoms with van der Waals surface area (Å²) in [5.41, 5.74) is 6.79. The number of thiazole rings is 1. The fourth-order valence-electron chi connectivity index (χ4n) is 1.58. The molecule has 20 heavy (non-hydrogen) atoms. The van der Waals surface area contributed by atoms with Gasteiger partial charge in [0, 0.05) is 30.7 Å². The van der Waals surface area contributed by atoms with Crippen LogP contribution in [-0.2, 0) is 0 Å². The molecule has 0 radical (unpaired) electrons. The first-order chi connectivity index (χ1) is 9.47. The summed E-state index contributed by atoms with van der Waals surface area (Å²) in [7, 11) is 3.34. The van der Waals surface area contributed by atoms with E-state index in [0.717, 1.165) is 0 Å². The Morgan fingerprint density at radius 2 is 2.10 bits per heavy atom. The van der Waals surface area contributed by atoms with E-state index in [9.17, 15) is 9.59 Å². The first kappa shape index (κ1) is 14.0. The highest BCUT2D eigenvalue weighted by Crippen LogP contribution is 2.15. The highest BCUT2D eigenvalue weighted by atomic mass is 32.1. The third kappa shape index (κ3) is 3.12.